The fourth-order valence-electron chi connectivity index (χ4n) is 3.71. The highest BCUT2D eigenvalue weighted by molar-refractivity contribution is 6.33. The van der Waals surface area contributed by atoms with Crippen LogP contribution in [0.25, 0.3) is 11.0 Å². The van der Waals surface area contributed by atoms with Crippen molar-refractivity contribution in [3.05, 3.63) is 51.3 Å². The lowest BCUT2D eigenvalue weighted by Gasteiger charge is -2.20. The summed E-state index contributed by atoms with van der Waals surface area (Å²) in [7, 11) is 0. The zero-order chi connectivity index (χ0) is 21.5. The highest BCUT2D eigenvalue weighted by Crippen LogP contribution is 2.30. The first-order chi connectivity index (χ1) is 13.5. The molecule has 0 saturated carbocycles. The first kappa shape index (κ1) is 21.3. The molecular formula is C23H29ClN4O. The van der Waals surface area contributed by atoms with Crippen LogP contribution in [0.2, 0.25) is 5.02 Å². The van der Waals surface area contributed by atoms with Crippen molar-refractivity contribution >= 4 is 34.2 Å². The van der Waals surface area contributed by atoms with Gasteiger partial charge in [0.05, 0.1) is 21.9 Å². The molecule has 0 saturated heterocycles. The quantitative estimate of drug-likeness (QED) is 0.602. The van der Waals surface area contributed by atoms with Crippen molar-refractivity contribution in [1.29, 1.82) is 0 Å². The predicted octanol–water partition coefficient (Wildman–Crippen LogP) is 5.64. The van der Waals surface area contributed by atoms with Crippen molar-refractivity contribution < 1.29 is 4.79 Å². The maximum absolute atomic E-state index is 12.5. The molecule has 0 fully saturated rings. The van der Waals surface area contributed by atoms with Gasteiger partial charge >= 0.3 is 0 Å². The summed E-state index contributed by atoms with van der Waals surface area (Å²) in [5, 5.41) is 9.28. The lowest BCUT2D eigenvalue weighted by atomic mass is 9.99. The third-order valence-corrected chi connectivity index (χ3v) is 5.52. The normalized spacial score (nSPS) is 11.9. The Balaban J connectivity index is 1.85. The fraction of sp³-hybridized carbons (Fsp3) is 0.435. The van der Waals surface area contributed by atoms with E-state index in [2.05, 4.69) is 33.0 Å². The van der Waals surface area contributed by atoms with E-state index in [1.165, 1.54) is 0 Å². The van der Waals surface area contributed by atoms with E-state index in [0.717, 1.165) is 39.1 Å². The highest BCUT2D eigenvalue weighted by Gasteiger charge is 2.23. The average Bonchev–Trinajstić information content (AvgIpc) is 2.94. The molecule has 0 atom stereocenters. The number of nitrogens with zero attached hydrogens (tertiary/aromatic N) is 3. The summed E-state index contributed by atoms with van der Waals surface area (Å²) in [5.74, 6) is -0.0586. The van der Waals surface area contributed by atoms with E-state index in [1.807, 2.05) is 43.7 Å². The number of carbonyl (C=O) groups is 1. The second-order valence-corrected chi connectivity index (χ2v) is 9.11. The molecule has 1 aromatic carbocycles. The van der Waals surface area contributed by atoms with Crippen molar-refractivity contribution in [1.82, 2.24) is 14.8 Å². The maximum atomic E-state index is 12.5. The summed E-state index contributed by atoms with van der Waals surface area (Å²) < 4.78 is 1.99. The van der Waals surface area contributed by atoms with E-state index in [0.29, 0.717) is 23.6 Å². The number of hydrogen-bond acceptors (Lipinski definition) is 3. The monoisotopic (exact) mass is 412 g/mol. The van der Waals surface area contributed by atoms with Crippen molar-refractivity contribution in [3.8, 4) is 0 Å². The number of nitrogens with one attached hydrogen (secondary N) is 1. The Morgan fingerprint density at radius 2 is 1.83 bits per heavy atom. The van der Waals surface area contributed by atoms with Crippen molar-refractivity contribution in [2.75, 3.05) is 5.32 Å². The van der Waals surface area contributed by atoms with Gasteiger partial charge < -0.3 is 5.32 Å². The Morgan fingerprint density at radius 1 is 1.14 bits per heavy atom. The Hall–Kier alpha value is -2.40. The van der Waals surface area contributed by atoms with E-state index in [-0.39, 0.29) is 11.4 Å². The predicted molar refractivity (Wildman–Crippen MR) is 120 cm³/mol. The number of benzene rings is 1. The molecule has 0 radical (unpaired) electrons. The van der Waals surface area contributed by atoms with Crippen LogP contribution in [-0.4, -0.2) is 20.7 Å². The minimum absolute atomic E-state index is 0.0586. The van der Waals surface area contributed by atoms with Crippen LogP contribution in [0.1, 0.15) is 55.3 Å². The van der Waals surface area contributed by atoms with Crippen LogP contribution in [0.3, 0.4) is 0 Å². The number of hydrogen-bond donors (Lipinski definition) is 1. The van der Waals surface area contributed by atoms with Crippen LogP contribution in [-0.2, 0) is 16.8 Å². The Kier molecular flexibility index (Phi) is 5.72. The van der Waals surface area contributed by atoms with Crippen LogP contribution in [0.5, 0.6) is 0 Å². The molecule has 0 unspecified atom stereocenters. The summed E-state index contributed by atoms with van der Waals surface area (Å²) in [6.45, 7) is 14.5. The molecule has 154 valence electrons. The lowest BCUT2D eigenvalue weighted by molar-refractivity contribution is -0.116. The van der Waals surface area contributed by atoms with Crippen LogP contribution in [0, 0.1) is 27.7 Å². The summed E-state index contributed by atoms with van der Waals surface area (Å²) in [4.78, 5) is 17.4. The highest BCUT2D eigenvalue weighted by atomic mass is 35.5. The Labute approximate surface area is 177 Å². The minimum atomic E-state index is -0.146. The van der Waals surface area contributed by atoms with E-state index < -0.39 is 0 Å². The molecule has 1 N–H and O–H groups in total. The second-order valence-electron chi connectivity index (χ2n) is 8.70. The molecule has 0 aliphatic heterocycles. The standard InChI is InChI=1S/C23H29ClN4O/c1-13-8-10-19(18(24)12-13)26-20(29)11-9-17-14(2)21-16(4)27-28(23(5,6)7)22(21)25-15(17)3/h8,10,12H,9,11H2,1-7H3,(H,26,29). The van der Waals surface area contributed by atoms with Gasteiger partial charge in [0, 0.05) is 17.5 Å². The third-order valence-electron chi connectivity index (χ3n) is 5.21. The number of amides is 1. The number of fused-ring (bicyclic) bond motifs is 1. The fourth-order valence-corrected chi connectivity index (χ4v) is 4.00. The smallest absolute Gasteiger partial charge is 0.224 e. The van der Waals surface area contributed by atoms with Gasteiger partial charge in [-0.05, 0) is 83.7 Å². The number of rotatable bonds is 4. The van der Waals surface area contributed by atoms with Crippen molar-refractivity contribution in [2.24, 2.45) is 0 Å². The van der Waals surface area contributed by atoms with E-state index in [4.69, 9.17) is 21.7 Å². The van der Waals surface area contributed by atoms with Gasteiger partial charge in [-0.2, -0.15) is 5.10 Å². The van der Waals surface area contributed by atoms with E-state index in [9.17, 15) is 4.79 Å². The van der Waals surface area contributed by atoms with E-state index >= 15 is 0 Å². The molecule has 6 heteroatoms. The van der Waals surface area contributed by atoms with Gasteiger partial charge in [0.2, 0.25) is 5.91 Å². The molecule has 2 heterocycles. The maximum Gasteiger partial charge on any atom is 0.224 e. The molecule has 1 amide bonds. The summed E-state index contributed by atoms with van der Waals surface area (Å²) in [6, 6.07) is 5.62. The van der Waals surface area contributed by atoms with Gasteiger partial charge in [-0.1, -0.05) is 17.7 Å². The third kappa shape index (κ3) is 4.30. The molecule has 0 spiro atoms. The molecule has 0 bridgehead atoms. The first-order valence-electron chi connectivity index (χ1n) is 9.91. The lowest BCUT2D eigenvalue weighted by Crippen LogP contribution is -2.23. The average molecular weight is 413 g/mol. The number of aromatic nitrogens is 3. The molecule has 2 aromatic heterocycles. The Morgan fingerprint density at radius 3 is 2.45 bits per heavy atom. The zero-order valence-electron chi connectivity index (χ0n) is 18.3. The summed E-state index contributed by atoms with van der Waals surface area (Å²) in [5.41, 5.74) is 6.65. The molecule has 0 aliphatic carbocycles. The number of pyridine rings is 1. The van der Waals surface area contributed by atoms with Crippen LogP contribution < -0.4 is 5.32 Å². The van der Waals surface area contributed by atoms with Crippen LogP contribution in [0.4, 0.5) is 5.69 Å². The molecule has 3 aromatic rings. The number of anilines is 1. The topological polar surface area (TPSA) is 59.8 Å². The molecule has 29 heavy (non-hydrogen) atoms. The SMILES string of the molecule is Cc1ccc(NC(=O)CCc2c(C)nc3c(c(C)nn3C(C)(C)C)c2C)c(Cl)c1. The number of aryl methyl sites for hydroxylation is 4. The van der Waals surface area contributed by atoms with Gasteiger partial charge in [0.1, 0.15) is 0 Å². The van der Waals surface area contributed by atoms with Gasteiger partial charge in [0.25, 0.3) is 0 Å². The summed E-state index contributed by atoms with van der Waals surface area (Å²) in [6.07, 6.45) is 0.988. The van der Waals surface area contributed by atoms with Crippen LogP contribution >= 0.6 is 11.6 Å². The first-order valence-corrected chi connectivity index (χ1v) is 10.3. The van der Waals surface area contributed by atoms with Gasteiger partial charge in [-0.15, -0.1) is 0 Å². The van der Waals surface area contributed by atoms with Gasteiger partial charge in [-0.25, -0.2) is 9.67 Å². The largest absolute Gasteiger partial charge is 0.325 e. The van der Waals surface area contributed by atoms with E-state index in [1.54, 1.807) is 0 Å². The van der Waals surface area contributed by atoms with Gasteiger partial charge in [0.15, 0.2) is 5.65 Å². The number of carbonyl (C=O) groups excluding carboxylic acids is 1. The van der Waals surface area contributed by atoms with Crippen molar-refractivity contribution in [2.45, 2.75) is 66.8 Å². The van der Waals surface area contributed by atoms with Gasteiger partial charge in [-0.3, -0.25) is 4.79 Å². The molecule has 0 aliphatic rings. The Bertz CT molecular complexity index is 1090. The second kappa shape index (κ2) is 7.79. The summed E-state index contributed by atoms with van der Waals surface area (Å²) >= 11 is 6.23. The van der Waals surface area contributed by atoms with Crippen molar-refractivity contribution in [3.63, 3.8) is 0 Å². The zero-order valence-corrected chi connectivity index (χ0v) is 19.0. The molecular weight excluding hydrogens is 384 g/mol. The molecule has 3 rings (SSSR count). The number of halogens is 1. The molecule has 5 nitrogen and oxygen atoms in total. The minimum Gasteiger partial charge on any atom is -0.325 e. The van der Waals surface area contributed by atoms with Crippen LogP contribution in [0.15, 0.2) is 18.2 Å².